The first kappa shape index (κ1) is 15.2. The third-order valence-corrected chi connectivity index (χ3v) is 4.33. The second-order valence-corrected chi connectivity index (χ2v) is 5.95. The Hall–Kier alpha value is -3.33. The van der Waals surface area contributed by atoms with Crippen molar-refractivity contribution in [1.29, 1.82) is 0 Å². The summed E-state index contributed by atoms with van der Waals surface area (Å²) in [5.41, 5.74) is 5.68. The largest absolute Gasteiger partial charge is 0.481 e. The van der Waals surface area contributed by atoms with E-state index in [9.17, 15) is 4.79 Å². The average Bonchev–Trinajstić information content (AvgIpc) is 3.05. The van der Waals surface area contributed by atoms with Crippen molar-refractivity contribution in [1.82, 2.24) is 0 Å². The van der Waals surface area contributed by atoms with E-state index in [1.54, 1.807) is 6.26 Å². The summed E-state index contributed by atoms with van der Waals surface area (Å²) in [6.07, 6.45) is 1.78. The molecule has 4 rings (SSSR count). The second-order valence-electron chi connectivity index (χ2n) is 5.95. The van der Waals surface area contributed by atoms with Gasteiger partial charge in [0.15, 0.2) is 0 Å². The van der Waals surface area contributed by atoms with Crippen LogP contribution in [-0.4, -0.2) is 11.1 Å². The number of carboxylic acid groups (broad SMARTS) is 1. The Bertz CT molecular complexity index is 1050. The monoisotopic (exact) mass is 328 g/mol. The van der Waals surface area contributed by atoms with Gasteiger partial charge in [-0.3, -0.25) is 4.79 Å². The molecule has 25 heavy (non-hydrogen) atoms. The summed E-state index contributed by atoms with van der Waals surface area (Å²) in [6.45, 7) is 0. The molecular weight excluding hydrogens is 312 g/mol. The van der Waals surface area contributed by atoms with Gasteiger partial charge in [0.05, 0.1) is 12.7 Å². The van der Waals surface area contributed by atoms with Gasteiger partial charge in [-0.15, -0.1) is 0 Å². The molecule has 0 spiro atoms. The minimum absolute atomic E-state index is 0.00510. The van der Waals surface area contributed by atoms with E-state index in [2.05, 4.69) is 18.2 Å². The van der Waals surface area contributed by atoms with Crippen LogP contribution in [0.5, 0.6) is 0 Å². The van der Waals surface area contributed by atoms with Crippen LogP contribution in [0.4, 0.5) is 0 Å². The van der Waals surface area contributed by atoms with Crippen molar-refractivity contribution in [2.45, 2.75) is 6.42 Å². The zero-order valence-corrected chi connectivity index (χ0v) is 13.5. The molecule has 0 radical (unpaired) electrons. The zero-order chi connectivity index (χ0) is 17.2. The lowest BCUT2D eigenvalue weighted by atomic mass is 9.95. The van der Waals surface area contributed by atoms with E-state index in [0.29, 0.717) is 0 Å². The lowest BCUT2D eigenvalue weighted by Gasteiger charge is -2.08. The topological polar surface area (TPSA) is 50.4 Å². The number of benzene rings is 3. The first-order chi connectivity index (χ1) is 12.2. The molecule has 0 fully saturated rings. The van der Waals surface area contributed by atoms with Gasteiger partial charge in [-0.05, 0) is 34.4 Å². The number of rotatable bonds is 4. The minimum Gasteiger partial charge on any atom is -0.481 e. The van der Waals surface area contributed by atoms with Gasteiger partial charge in [-0.2, -0.15) is 0 Å². The van der Waals surface area contributed by atoms with Crippen LogP contribution in [0.25, 0.3) is 33.2 Å². The Morgan fingerprint density at radius 3 is 2.40 bits per heavy atom. The molecule has 0 saturated carbocycles. The van der Waals surface area contributed by atoms with E-state index in [-0.39, 0.29) is 6.42 Å². The SMILES string of the molecule is O=C(O)Cc1ccccc1-c1ccc2occ(-c3ccccc3)c2c1. The Kier molecular flexibility index (Phi) is 3.82. The molecule has 1 aromatic heterocycles. The maximum absolute atomic E-state index is 11.1. The second kappa shape index (κ2) is 6.29. The molecule has 0 unspecified atom stereocenters. The fourth-order valence-corrected chi connectivity index (χ4v) is 3.16. The molecule has 0 aliphatic rings. The van der Waals surface area contributed by atoms with E-state index in [1.807, 2.05) is 54.6 Å². The third-order valence-electron chi connectivity index (χ3n) is 4.33. The predicted molar refractivity (Wildman–Crippen MR) is 98.4 cm³/mol. The molecule has 1 N–H and O–H groups in total. The standard InChI is InChI=1S/C22H16O3/c23-22(24)13-16-8-4-5-9-18(16)17-10-11-21-19(12-17)20(14-25-21)15-6-2-1-3-7-15/h1-12,14H,13H2,(H,23,24). The lowest BCUT2D eigenvalue weighted by Crippen LogP contribution is -2.01. The number of carbonyl (C=O) groups is 1. The molecule has 122 valence electrons. The van der Waals surface area contributed by atoms with Crippen LogP contribution in [0.15, 0.2) is 83.5 Å². The quantitative estimate of drug-likeness (QED) is 0.546. The van der Waals surface area contributed by atoms with Gasteiger partial charge in [0.1, 0.15) is 5.58 Å². The van der Waals surface area contributed by atoms with Crippen LogP contribution in [0.2, 0.25) is 0 Å². The van der Waals surface area contributed by atoms with Crippen LogP contribution in [0, 0.1) is 0 Å². The maximum atomic E-state index is 11.1. The first-order valence-corrected chi connectivity index (χ1v) is 8.09. The van der Waals surface area contributed by atoms with Crippen molar-refractivity contribution in [3.8, 4) is 22.3 Å². The van der Waals surface area contributed by atoms with Crippen molar-refractivity contribution >= 4 is 16.9 Å². The first-order valence-electron chi connectivity index (χ1n) is 8.09. The van der Waals surface area contributed by atoms with E-state index in [4.69, 9.17) is 9.52 Å². The summed E-state index contributed by atoms with van der Waals surface area (Å²) < 4.78 is 5.70. The average molecular weight is 328 g/mol. The van der Waals surface area contributed by atoms with Crippen molar-refractivity contribution in [2.75, 3.05) is 0 Å². The van der Waals surface area contributed by atoms with Crippen LogP contribution in [0.3, 0.4) is 0 Å². The minimum atomic E-state index is -0.832. The Labute approximate surface area is 145 Å². The Morgan fingerprint density at radius 2 is 1.60 bits per heavy atom. The molecule has 0 bridgehead atoms. The Morgan fingerprint density at radius 1 is 0.840 bits per heavy atom. The molecular formula is C22H16O3. The number of carboxylic acids is 1. The molecule has 3 heteroatoms. The van der Waals surface area contributed by atoms with Crippen LogP contribution in [-0.2, 0) is 11.2 Å². The molecule has 1 heterocycles. The van der Waals surface area contributed by atoms with Crippen molar-refractivity contribution in [3.63, 3.8) is 0 Å². The van der Waals surface area contributed by atoms with E-state index in [0.717, 1.165) is 38.8 Å². The highest BCUT2D eigenvalue weighted by Crippen LogP contribution is 2.34. The lowest BCUT2D eigenvalue weighted by molar-refractivity contribution is -0.136. The number of hydrogen-bond donors (Lipinski definition) is 1. The highest BCUT2D eigenvalue weighted by molar-refractivity contribution is 5.96. The van der Waals surface area contributed by atoms with Gasteiger partial charge in [-0.1, -0.05) is 60.7 Å². The van der Waals surface area contributed by atoms with Crippen molar-refractivity contribution < 1.29 is 14.3 Å². The molecule has 3 nitrogen and oxygen atoms in total. The molecule has 4 aromatic rings. The summed E-state index contributed by atoms with van der Waals surface area (Å²) in [5, 5.41) is 10.2. The smallest absolute Gasteiger partial charge is 0.307 e. The van der Waals surface area contributed by atoms with Crippen LogP contribution < -0.4 is 0 Å². The van der Waals surface area contributed by atoms with Gasteiger partial charge >= 0.3 is 5.97 Å². The fraction of sp³-hybridized carbons (Fsp3) is 0.0455. The maximum Gasteiger partial charge on any atom is 0.307 e. The van der Waals surface area contributed by atoms with E-state index >= 15 is 0 Å². The van der Waals surface area contributed by atoms with Gasteiger partial charge in [0, 0.05) is 10.9 Å². The van der Waals surface area contributed by atoms with Crippen LogP contribution in [0.1, 0.15) is 5.56 Å². The summed E-state index contributed by atoms with van der Waals surface area (Å²) >= 11 is 0. The molecule has 3 aromatic carbocycles. The number of furan rings is 1. The zero-order valence-electron chi connectivity index (χ0n) is 13.5. The third kappa shape index (κ3) is 2.92. The highest BCUT2D eigenvalue weighted by atomic mass is 16.4. The number of aliphatic carboxylic acids is 1. The molecule has 0 aliphatic heterocycles. The molecule has 0 saturated heterocycles. The number of fused-ring (bicyclic) bond motifs is 1. The van der Waals surface area contributed by atoms with E-state index < -0.39 is 5.97 Å². The van der Waals surface area contributed by atoms with Crippen LogP contribution >= 0.6 is 0 Å². The fourth-order valence-electron chi connectivity index (χ4n) is 3.16. The molecule has 0 amide bonds. The molecule has 0 atom stereocenters. The Balaban J connectivity index is 1.86. The highest BCUT2D eigenvalue weighted by Gasteiger charge is 2.12. The number of hydrogen-bond acceptors (Lipinski definition) is 2. The normalized spacial score (nSPS) is 10.9. The van der Waals surface area contributed by atoms with Crippen molar-refractivity contribution in [3.05, 3.63) is 84.6 Å². The predicted octanol–water partition coefficient (Wildman–Crippen LogP) is 5.39. The summed E-state index contributed by atoms with van der Waals surface area (Å²) in [6, 6.07) is 23.7. The molecule has 0 aliphatic carbocycles. The van der Waals surface area contributed by atoms with E-state index in [1.165, 1.54) is 0 Å². The van der Waals surface area contributed by atoms with Gasteiger partial charge in [0.2, 0.25) is 0 Å². The summed E-state index contributed by atoms with van der Waals surface area (Å²) in [4.78, 5) is 11.1. The van der Waals surface area contributed by atoms with Gasteiger partial charge < -0.3 is 9.52 Å². The van der Waals surface area contributed by atoms with Gasteiger partial charge in [0.25, 0.3) is 0 Å². The summed E-state index contributed by atoms with van der Waals surface area (Å²) in [7, 11) is 0. The van der Waals surface area contributed by atoms with Crippen molar-refractivity contribution in [2.24, 2.45) is 0 Å². The van der Waals surface area contributed by atoms with Gasteiger partial charge in [-0.25, -0.2) is 0 Å². The summed E-state index contributed by atoms with van der Waals surface area (Å²) in [5.74, 6) is -0.832.